The van der Waals surface area contributed by atoms with Crippen molar-refractivity contribution in [2.45, 2.75) is 51.1 Å². The summed E-state index contributed by atoms with van der Waals surface area (Å²) in [5.74, 6) is -2.50. The van der Waals surface area contributed by atoms with Crippen molar-refractivity contribution in [2.75, 3.05) is 13.2 Å². The van der Waals surface area contributed by atoms with Crippen LogP contribution in [0.2, 0.25) is 0 Å². The van der Waals surface area contributed by atoms with Gasteiger partial charge in [0.25, 0.3) is 0 Å². The normalized spacial score (nSPS) is 39.6. The van der Waals surface area contributed by atoms with Gasteiger partial charge in [0.2, 0.25) is 0 Å². The predicted octanol–water partition coefficient (Wildman–Crippen LogP) is 1.23. The van der Waals surface area contributed by atoms with Gasteiger partial charge in [-0.2, -0.15) is 0 Å². The van der Waals surface area contributed by atoms with Crippen LogP contribution in [0.3, 0.4) is 0 Å². The second-order valence-electron chi connectivity index (χ2n) is 8.53. The van der Waals surface area contributed by atoms with Gasteiger partial charge in [-0.05, 0) is 26.0 Å². The van der Waals surface area contributed by atoms with Crippen LogP contribution >= 0.6 is 0 Å². The summed E-state index contributed by atoms with van der Waals surface area (Å²) >= 11 is 0. The summed E-state index contributed by atoms with van der Waals surface area (Å²) < 4.78 is 23.0. The molecule has 0 aromatic heterocycles. The van der Waals surface area contributed by atoms with Crippen molar-refractivity contribution in [2.24, 2.45) is 17.8 Å². The average Bonchev–Trinajstić information content (AvgIpc) is 3.30. The molecule has 4 aliphatic rings. The van der Waals surface area contributed by atoms with Crippen molar-refractivity contribution in [1.29, 1.82) is 0 Å². The standard InChI is InChI=1S/C22H26O8/c1-10(5-6-23)20(25)29-15-8-22(9-27-22)18-14(28-13(4)24)7-11(2)16(18)19-17(15)12(3)21(26)30-19/h5,7,14-19,23H,3,6,8-9H2,1-2,4H3/b10-5-/t14-,15+,16-,17+,18+,19+,22-/m0/s1. The van der Waals surface area contributed by atoms with Gasteiger partial charge in [-0.25, -0.2) is 9.59 Å². The summed E-state index contributed by atoms with van der Waals surface area (Å²) in [5, 5.41) is 9.07. The quantitative estimate of drug-likeness (QED) is 0.239. The molecule has 0 bridgehead atoms. The average molecular weight is 418 g/mol. The molecule has 8 heteroatoms. The van der Waals surface area contributed by atoms with Crippen LogP contribution in [0.4, 0.5) is 0 Å². The van der Waals surface area contributed by atoms with Crippen LogP contribution in [0, 0.1) is 17.8 Å². The first-order valence-electron chi connectivity index (χ1n) is 10.1. The van der Waals surface area contributed by atoms with E-state index in [0.29, 0.717) is 13.0 Å². The molecule has 2 heterocycles. The first kappa shape index (κ1) is 20.8. The molecule has 0 radical (unpaired) electrons. The van der Waals surface area contributed by atoms with E-state index in [0.717, 1.165) is 5.57 Å². The molecule has 4 rings (SSSR count). The van der Waals surface area contributed by atoms with Gasteiger partial charge in [0, 0.05) is 36.3 Å². The second kappa shape index (κ2) is 7.35. The number of hydrogen-bond acceptors (Lipinski definition) is 8. The van der Waals surface area contributed by atoms with Crippen molar-refractivity contribution in [3.63, 3.8) is 0 Å². The van der Waals surface area contributed by atoms with Gasteiger partial charge in [-0.3, -0.25) is 4.79 Å². The van der Waals surface area contributed by atoms with Gasteiger partial charge in [-0.15, -0.1) is 0 Å². The maximum Gasteiger partial charge on any atom is 0.334 e. The van der Waals surface area contributed by atoms with Crippen LogP contribution < -0.4 is 0 Å². The van der Waals surface area contributed by atoms with Crippen LogP contribution in [0.5, 0.6) is 0 Å². The summed E-state index contributed by atoms with van der Waals surface area (Å²) in [5.41, 5.74) is 0.841. The highest BCUT2D eigenvalue weighted by molar-refractivity contribution is 5.92. The molecule has 8 nitrogen and oxygen atoms in total. The minimum atomic E-state index is -0.692. The van der Waals surface area contributed by atoms with Crippen LogP contribution in [-0.2, 0) is 33.3 Å². The van der Waals surface area contributed by atoms with Gasteiger partial charge < -0.3 is 24.1 Å². The predicted molar refractivity (Wildman–Crippen MR) is 103 cm³/mol. The number of ether oxygens (including phenoxy) is 4. The molecule has 0 unspecified atom stereocenters. The largest absolute Gasteiger partial charge is 0.458 e. The van der Waals surface area contributed by atoms with Crippen molar-refractivity contribution >= 4 is 17.9 Å². The fraction of sp³-hybridized carbons (Fsp3) is 0.591. The van der Waals surface area contributed by atoms with E-state index < -0.39 is 47.7 Å². The minimum absolute atomic E-state index is 0.233. The van der Waals surface area contributed by atoms with Gasteiger partial charge in [0.1, 0.15) is 23.9 Å². The van der Waals surface area contributed by atoms with E-state index in [1.807, 2.05) is 13.0 Å². The third-order valence-corrected chi connectivity index (χ3v) is 6.66. The fourth-order valence-corrected chi connectivity index (χ4v) is 5.26. The second-order valence-corrected chi connectivity index (χ2v) is 8.53. The molecule has 3 fully saturated rings. The maximum absolute atomic E-state index is 12.6. The van der Waals surface area contributed by atoms with E-state index in [2.05, 4.69) is 6.58 Å². The molecular formula is C22H26O8. The van der Waals surface area contributed by atoms with Crippen LogP contribution in [0.1, 0.15) is 27.2 Å². The Morgan fingerprint density at radius 1 is 1.33 bits per heavy atom. The number of aliphatic hydroxyl groups excluding tert-OH is 1. The first-order chi connectivity index (χ1) is 14.2. The first-order valence-corrected chi connectivity index (χ1v) is 10.1. The zero-order valence-electron chi connectivity index (χ0n) is 17.3. The zero-order valence-corrected chi connectivity index (χ0v) is 17.3. The van der Waals surface area contributed by atoms with Gasteiger partial charge in [0.15, 0.2) is 0 Å². The van der Waals surface area contributed by atoms with E-state index >= 15 is 0 Å². The Hall–Kier alpha value is -2.45. The molecule has 162 valence electrons. The molecule has 30 heavy (non-hydrogen) atoms. The van der Waals surface area contributed by atoms with E-state index in [1.54, 1.807) is 6.92 Å². The molecule has 0 aromatic rings. The zero-order chi connectivity index (χ0) is 21.8. The Morgan fingerprint density at radius 3 is 2.63 bits per heavy atom. The number of rotatable bonds is 4. The van der Waals surface area contributed by atoms with Gasteiger partial charge in [0.05, 0.1) is 19.1 Å². The maximum atomic E-state index is 12.6. The number of aliphatic hydroxyl groups is 1. The van der Waals surface area contributed by atoms with Crippen LogP contribution in [-0.4, -0.2) is 60.1 Å². The topological polar surface area (TPSA) is 112 Å². The summed E-state index contributed by atoms with van der Waals surface area (Å²) in [7, 11) is 0. The highest BCUT2D eigenvalue weighted by Crippen LogP contribution is 2.58. The monoisotopic (exact) mass is 418 g/mol. The number of fused-ring (bicyclic) bond motifs is 4. The van der Waals surface area contributed by atoms with Crippen molar-refractivity contribution in [1.82, 2.24) is 0 Å². The number of carbonyl (C=O) groups is 3. The number of carbonyl (C=O) groups excluding carboxylic acids is 3. The molecule has 1 spiro atoms. The molecule has 2 saturated heterocycles. The SMILES string of the molecule is C=C1C(=O)O[C@@H]2[C@H]3C(C)=C[C@H](OC(C)=O)[C@H]3[C@@]3(CO3)C[C@@H](OC(=O)/C(C)=C\CO)[C@@H]12. The Kier molecular flexibility index (Phi) is 5.10. The highest BCUT2D eigenvalue weighted by Gasteiger charge is 2.68. The summed E-state index contributed by atoms with van der Waals surface area (Å²) in [6.45, 7) is 8.90. The van der Waals surface area contributed by atoms with Crippen LogP contribution in [0.15, 0.2) is 35.5 Å². The number of hydrogen-bond donors (Lipinski definition) is 1. The lowest BCUT2D eigenvalue weighted by molar-refractivity contribution is -0.151. The Labute approximate surface area is 174 Å². The minimum Gasteiger partial charge on any atom is -0.458 e. The lowest BCUT2D eigenvalue weighted by Crippen LogP contribution is -2.41. The van der Waals surface area contributed by atoms with E-state index in [-0.39, 0.29) is 29.6 Å². The third kappa shape index (κ3) is 3.28. The third-order valence-electron chi connectivity index (χ3n) is 6.66. The Morgan fingerprint density at radius 2 is 2.03 bits per heavy atom. The molecule has 7 atom stereocenters. The molecule has 2 aliphatic carbocycles. The van der Waals surface area contributed by atoms with Gasteiger partial charge >= 0.3 is 17.9 Å². The lowest BCUT2D eigenvalue weighted by Gasteiger charge is -2.31. The molecule has 2 aliphatic heterocycles. The molecule has 0 aromatic carbocycles. The van der Waals surface area contributed by atoms with Crippen molar-refractivity contribution < 1.29 is 38.4 Å². The van der Waals surface area contributed by atoms with Crippen molar-refractivity contribution in [3.05, 3.63) is 35.5 Å². The Balaban J connectivity index is 1.72. The molecular weight excluding hydrogens is 392 g/mol. The van der Waals surface area contributed by atoms with Gasteiger partial charge in [-0.1, -0.05) is 12.2 Å². The fourth-order valence-electron chi connectivity index (χ4n) is 5.26. The highest BCUT2D eigenvalue weighted by atomic mass is 16.6. The number of epoxide rings is 1. The smallest absolute Gasteiger partial charge is 0.334 e. The molecule has 1 saturated carbocycles. The number of esters is 3. The molecule has 0 amide bonds. The Bertz CT molecular complexity index is 864. The molecule has 1 N–H and O–H groups in total. The van der Waals surface area contributed by atoms with Crippen LogP contribution in [0.25, 0.3) is 0 Å². The summed E-state index contributed by atoms with van der Waals surface area (Å²) in [6.07, 6.45) is 1.81. The van der Waals surface area contributed by atoms with Crippen molar-refractivity contribution in [3.8, 4) is 0 Å². The van der Waals surface area contributed by atoms with E-state index in [4.69, 9.17) is 24.1 Å². The van der Waals surface area contributed by atoms with E-state index in [9.17, 15) is 14.4 Å². The summed E-state index contributed by atoms with van der Waals surface area (Å²) in [4.78, 5) is 36.7. The van der Waals surface area contributed by atoms with E-state index in [1.165, 1.54) is 13.0 Å². The summed E-state index contributed by atoms with van der Waals surface area (Å²) in [6, 6.07) is 0. The lowest BCUT2D eigenvalue weighted by atomic mass is 9.77.